The standard InChI is InChI=1S/C19H40OSi/c1-3-5-6-7-8-9-10-11-12-13-14-15-16-17-18-20-21-19-4-2/h3-19H2,1-2H3. The van der Waals surface area contributed by atoms with E-state index in [0.717, 1.165) is 16.4 Å². The van der Waals surface area contributed by atoms with Gasteiger partial charge in [0.25, 0.3) is 0 Å². The third-order valence-electron chi connectivity index (χ3n) is 4.05. The van der Waals surface area contributed by atoms with Crippen LogP contribution in [-0.4, -0.2) is 16.4 Å². The second-order valence-electron chi connectivity index (χ2n) is 6.34. The number of rotatable bonds is 18. The topological polar surface area (TPSA) is 9.23 Å². The van der Waals surface area contributed by atoms with Crippen molar-refractivity contribution in [3.63, 3.8) is 0 Å². The van der Waals surface area contributed by atoms with Crippen LogP contribution in [0.25, 0.3) is 0 Å². The molecule has 0 N–H and O–H groups in total. The lowest BCUT2D eigenvalue weighted by Crippen LogP contribution is -1.99. The number of unbranched alkanes of at least 4 members (excludes halogenated alkanes) is 13. The minimum absolute atomic E-state index is 0.743. The fraction of sp³-hybridized carbons (Fsp3) is 1.00. The van der Waals surface area contributed by atoms with Crippen LogP contribution in [0.1, 0.15) is 110 Å². The molecule has 0 amide bonds. The number of hydrogen-bond donors (Lipinski definition) is 0. The van der Waals surface area contributed by atoms with Gasteiger partial charge in [0.2, 0.25) is 9.76 Å². The Morgan fingerprint density at radius 2 is 0.952 bits per heavy atom. The highest BCUT2D eigenvalue weighted by Crippen LogP contribution is 2.12. The zero-order valence-electron chi connectivity index (χ0n) is 14.9. The second-order valence-corrected chi connectivity index (χ2v) is 7.42. The predicted octanol–water partition coefficient (Wildman–Crippen LogP) is 6.93. The average Bonchev–Trinajstić information content (AvgIpc) is 2.50. The highest BCUT2D eigenvalue weighted by atomic mass is 28.2. The van der Waals surface area contributed by atoms with Crippen LogP contribution in [0, 0.1) is 0 Å². The Bertz CT molecular complexity index is 155. The van der Waals surface area contributed by atoms with Gasteiger partial charge in [-0.25, -0.2) is 0 Å². The van der Waals surface area contributed by atoms with Gasteiger partial charge in [0.15, 0.2) is 0 Å². The van der Waals surface area contributed by atoms with E-state index in [1.807, 2.05) is 0 Å². The molecule has 2 radical (unpaired) electrons. The minimum atomic E-state index is 0.743. The molecule has 0 fully saturated rings. The van der Waals surface area contributed by atoms with Gasteiger partial charge in [-0.2, -0.15) is 0 Å². The molecule has 0 bridgehead atoms. The van der Waals surface area contributed by atoms with E-state index in [4.69, 9.17) is 4.43 Å². The first-order valence-corrected chi connectivity index (χ1v) is 10.9. The van der Waals surface area contributed by atoms with Crippen molar-refractivity contribution in [2.75, 3.05) is 6.61 Å². The zero-order valence-corrected chi connectivity index (χ0v) is 15.9. The van der Waals surface area contributed by atoms with E-state index in [9.17, 15) is 0 Å². The van der Waals surface area contributed by atoms with Crippen molar-refractivity contribution in [1.29, 1.82) is 0 Å². The lowest BCUT2D eigenvalue weighted by molar-refractivity contribution is 0.319. The van der Waals surface area contributed by atoms with E-state index in [-0.39, 0.29) is 0 Å². The summed E-state index contributed by atoms with van der Waals surface area (Å²) < 4.78 is 5.61. The van der Waals surface area contributed by atoms with Gasteiger partial charge in [0.05, 0.1) is 0 Å². The molecule has 2 heteroatoms. The molecule has 0 spiro atoms. The van der Waals surface area contributed by atoms with Crippen LogP contribution >= 0.6 is 0 Å². The smallest absolute Gasteiger partial charge is 0.229 e. The fourth-order valence-corrected chi connectivity index (χ4v) is 3.25. The lowest BCUT2D eigenvalue weighted by Gasteiger charge is -2.04. The molecule has 0 aliphatic heterocycles. The Kier molecular flexibility index (Phi) is 20.3. The highest BCUT2D eigenvalue weighted by Gasteiger charge is 1.94. The maximum absolute atomic E-state index is 5.61. The molecule has 0 atom stereocenters. The van der Waals surface area contributed by atoms with Gasteiger partial charge in [-0.3, -0.25) is 0 Å². The largest absolute Gasteiger partial charge is 0.417 e. The van der Waals surface area contributed by atoms with Crippen LogP contribution in [0.4, 0.5) is 0 Å². The summed E-state index contributed by atoms with van der Waals surface area (Å²) in [6, 6.07) is 1.25. The van der Waals surface area contributed by atoms with E-state index in [1.54, 1.807) is 0 Å². The molecule has 0 saturated carbocycles. The van der Waals surface area contributed by atoms with Gasteiger partial charge in [0, 0.05) is 6.61 Å². The van der Waals surface area contributed by atoms with Crippen LogP contribution in [0.15, 0.2) is 0 Å². The molecule has 1 nitrogen and oxygen atoms in total. The summed E-state index contributed by atoms with van der Waals surface area (Å²) in [6.07, 6.45) is 21.3. The third-order valence-corrected chi connectivity index (χ3v) is 5.17. The number of hydrogen-bond acceptors (Lipinski definition) is 1. The zero-order chi connectivity index (χ0) is 15.4. The third kappa shape index (κ3) is 20.2. The molecular weight excluding hydrogens is 272 g/mol. The normalized spacial score (nSPS) is 11.1. The van der Waals surface area contributed by atoms with Gasteiger partial charge in [0.1, 0.15) is 0 Å². The lowest BCUT2D eigenvalue weighted by atomic mass is 10.0. The summed E-state index contributed by atoms with van der Waals surface area (Å²) in [7, 11) is 0.743. The van der Waals surface area contributed by atoms with Crippen LogP contribution in [0.5, 0.6) is 0 Å². The van der Waals surface area contributed by atoms with E-state index in [1.165, 1.54) is 102 Å². The first kappa shape index (κ1) is 21.2. The van der Waals surface area contributed by atoms with Crippen molar-refractivity contribution < 1.29 is 4.43 Å². The Hall–Kier alpha value is 0.177. The molecule has 0 heterocycles. The molecule has 126 valence electrons. The van der Waals surface area contributed by atoms with Crippen molar-refractivity contribution in [2.24, 2.45) is 0 Å². The predicted molar refractivity (Wildman–Crippen MR) is 97.1 cm³/mol. The first-order valence-electron chi connectivity index (χ1n) is 9.76. The highest BCUT2D eigenvalue weighted by molar-refractivity contribution is 6.26. The van der Waals surface area contributed by atoms with E-state index >= 15 is 0 Å². The van der Waals surface area contributed by atoms with Gasteiger partial charge in [-0.15, -0.1) is 0 Å². The molecular formula is C19H40OSi. The Balaban J connectivity index is 2.90. The summed E-state index contributed by atoms with van der Waals surface area (Å²) in [5.41, 5.74) is 0. The Labute approximate surface area is 137 Å². The van der Waals surface area contributed by atoms with Crippen LogP contribution in [0.2, 0.25) is 6.04 Å². The first-order chi connectivity index (χ1) is 10.4. The molecule has 0 rings (SSSR count). The molecule has 0 unspecified atom stereocenters. The van der Waals surface area contributed by atoms with E-state index < -0.39 is 0 Å². The van der Waals surface area contributed by atoms with Gasteiger partial charge < -0.3 is 4.43 Å². The van der Waals surface area contributed by atoms with Crippen LogP contribution < -0.4 is 0 Å². The quantitative estimate of drug-likeness (QED) is 0.197. The Morgan fingerprint density at radius 3 is 1.38 bits per heavy atom. The van der Waals surface area contributed by atoms with E-state index in [2.05, 4.69) is 13.8 Å². The average molecular weight is 313 g/mol. The van der Waals surface area contributed by atoms with Crippen LogP contribution in [0.3, 0.4) is 0 Å². The SMILES string of the molecule is CCCCCCCCCCCCCCCCO[Si]CCC. The summed E-state index contributed by atoms with van der Waals surface area (Å²) in [4.78, 5) is 0. The maximum Gasteiger partial charge on any atom is 0.229 e. The molecule has 0 aromatic rings. The summed E-state index contributed by atoms with van der Waals surface area (Å²) >= 11 is 0. The summed E-state index contributed by atoms with van der Waals surface area (Å²) in [6.45, 7) is 5.51. The molecule has 0 saturated heterocycles. The maximum atomic E-state index is 5.61. The molecule has 0 aliphatic rings. The molecule has 0 aliphatic carbocycles. The van der Waals surface area contributed by atoms with Crippen molar-refractivity contribution in [3.05, 3.63) is 0 Å². The van der Waals surface area contributed by atoms with Crippen molar-refractivity contribution in [2.45, 2.75) is 116 Å². The molecule has 0 aromatic heterocycles. The molecule has 0 aromatic carbocycles. The minimum Gasteiger partial charge on any atom is -0.417 e. The monoisotopic (exact) mass is 312 g/mol. The fourth-order valence-electron chi connectivity index (χ4n) is 2.62. The summed E-state index contributed by atoms with van der Waals surface area (Å²) in [5, 5.41) is 0. The van der Waals surface area contributed by atoms with E-state index in [0.29, 0.717) is 0 Å². The van der Waals surface area contributed by atoms with Crippen molar-refractivity contribution in [1.82, 2.24) is 0 Å². The van der Waals surface area contributed by atoms with Crippen molar-refractivity contribution >= 4 is 9.76 Å². The van der Waals surface area contributed by atoms with Gasteiger partial charge in [-0.1, -0.05) is 104 Å². The summed E-state index contributed by atoms with van der Waals surface area (Å²) in [5.74, 6) is 0. The van der Waals surface area contributed by atoms with Gasteiger partial charge >= 0.3 is 0 Å². The van der Waals surface area contributed by atoms with Crippen molar-refractivity contribution in [3.8, 4) is 0 Å². The Morgan fingerprint density at radius 1 is 0.524 bits per heavy atom. The second kappa shape index (κ2) is 20.2. The van der Waals surface area contributed by atoms with Crippen LogP contribution in [-0.2, 0) is 4.43 Å². The van der Waals surface area contributed by atoms with Gasteiger partial charge in [-0.05, 0) is 12.5 Å². The molecule has 21 heavy (non-hydrogen) atoms.